The van der Waals surface area contributed by atoms with Crippen LogP contribution in [-0.2, 0) is 0 Å². The van der Waals surface area contributed by atoms with Crippen LogP contribution in [0.4, 0.5) is 17.3 Å². The molecule has 6 rings (SSSR count). The Balaban J connectivity index is 0.00000267. The minimum Gasteiger partial charge on any atom is -0.457 e. The van der Waals surface area contributed by atoms with Crippen molar-refractivity contribution in [1.29, 1.82) is 0 Å². The maximum atomic E-state index is 6.09. The monoisotopic (exact) mass is 503 g/mol. The molecule has 1 saturated heterocycles. The van der Waals surface area contributed by atoms with Gasteiger partial charge in [0.05, 0.1) is 5.52 Å². The molecule has 0 bridgehead atoms. The summed E-state index contributed by atoms with van der Waals surface area (Å²) in [5.41, 5.74) is 4.11. The number of ether oxygens (including phenoxy) is 1. The molecule has 1 fully saturated rings. The van der Waals surface area contributed by atoms with E-state index < -0.39 is 0 Å². The van der Waals surface area contributed by atoms with Crippen LogP contribution in [0.2, 0.25) is 0 Å². The second-order valence-electron chi connectivity index (χ2n) is 8.61. The Hall–Kier alpha value is -4.02. The van der Waals surface area contributed by atoms with Gasteiger partial charge in [-0.2, -0.15) is 5.10 Å². The van der Waals surface area contributed by atoms with E-state index in [9.17, 15) is 0 Å². The Morgan fingerprint density at radius 2 is 2.00 bits per heavy atom. The molecule has 1 aliphatic heterocycles. The molecule has 184 valence electrons. The van der Waals surface area contributed by atoms with Gasteiger partial charge in [-0.1, -0.05) is 0 Å². The zero-order valence-corrected chi connectivity index (χ0v) is 20.5. The van der Waals surface area contributed by atoms with Crippen LogP contribution in [0.3, 0.4) is 0 Å². The molecule has 5 heterocycles. The standard InChI is InChI=1S/C25H25N9O.ClH/c1-16-11-17(4-6-21(16)35-19-8-10-34-23(12-19)28-15-30-34)32-25-24-20(27-14-29-25)5-7-22(33-24)31-18-3-2-9-26-13-18;/h4-8,10-12,14-15,18,26H,2-3,9,13H2,1H3,(H,31,33)(H,27,29,32);1H. The lowest BCUT2D eigenvalue weighted by Crippen LogP contribution is -2.38. The van der Waals surface area contributed by atoms with Gasteiger partial charge in [0.2, 0.25) is 0 Å². The number of piperidine rings is 1. The predicted octanol–water partition coefficient (Wildman–Crippen LogP) is 4.50. The lowest BCUT2D eigenvalue weighted by atomic mass is 10.1. The van der Waals surface area contributed by atoms with Crippen molar-refractivity contribution in [2.24, 2.45) is 0 Å². The number of aromatic nitrogens is 6. The van der Waals surface area contributed by atoms with Gasteiger partial charge in [0.25, 0.3) is 0 Å². The number of hydrogen-bond donors (Lipinski definition) is 3. The number of nitrogens with zero attached hydrogens (tertiary/aromatic N) is 6. The van der Waals surface area contributed by atoms with E-state index in [-0.39, 0.29) is 12.4 Å². The lowest BCUT2D eigenvalue weighted by Gasteiger charge is -2.24. The summed E-state index contributed by atoms with van der Waals surface area (Å²) in [5, 5.41) is 14.5. The Morgan fingerprint density at radius 3 is 2.86 bits per heavy atom. The van der Waals surface area contributed by atoms with E-state index >= 15 is 0 Å². The number of halogens is 1. The van der Waals surface area contributed by atoms with E-state index in [1.165, 1.54) is 6.33 Å². The van der Waals surface area contributed by atoms with Gasteiger partial charge in [0, 0.05) is 30.5 Å². The third kappa shape index (κ3) is 5.00. The molecule has 36 heavy (non-hydrogen) atoms. The smallest absolute Gasteiger partial charge is 0.160 e. The fourth-order valence-electron chi connectivity index (χ4n) is 4.26. The Labute approximate surface area is 214 Å². The Morgan fingerprint density at radius 1 is 1.06 bits per heavy atom. The van der Waals surface area contributed by atoms with Crippen molar-refractivity contribution in [3.8, 4) is 11.5 Å². The van der Waals surface area contributed by atoms with Gasteiger partial charge in [-0.15, -0.1) is 12.4 Å². The predicted molar refractivity (Wildman–Crippen MR) is 142 cm³/mol. The highest BCUT2D eigenvalue weighted by atomic mass is 35.5. The third-order valence-corrected chi connectivity index (χ3v) is 6.05. The van der Waals surface area contributed by atoms with Crippen molar-refractivity contribution in [3.05, 3.63) is 66.9 Å². The molecule has 10 nitrogen and oxygen atoms in total. The average molecular weight is 504 g/mol. The summed E-state index contributed by atoms with van der Waals surface area (Å²) in [6.45, 7) is 4.02. The van der Waals surface area contributed by atoms with Gasteiger partial charge in [0.1, 0.15) is 35.5 Å². The van der Waals surface area contributed by atoms with Gasteiger partial charge in [-0.25, -0.2) is 24.5 Å². The van der Waals surface area contributed by atoms with E-state index in [1.54, 1.807) is 10.8 Å². The molecule has 0 spiro atoms. The van der Waals surface area contributed by atoms with E-state index in [1.807, 2.05) is 55.6 Å². The average Bonchev–Trinajstić information content (AvgIpc) is 3.35. The lowest BCUT2D eigenvalue weighted by molar-refractivity contribution is 0.478. The highest BCUT2D eigenvalue weighted by molar-refractivity contribution is 5.88. The van der Waals surface area contributed by atoms with Crippen molar-refractivity contribution in [3.63, 3.8) is 0 Å². The first kappa shape index (κ1) is 23.7. The second-order valence-corrected chi connectivity index (χ2v) is 8.61. The molecule has 1 aliphatic rings. The number of hydrogen-bond acceptors (Lipinski definition) is 9. The Kier molecular flexibility index (Phi) is 6.79. The largest absolute Gasteiger partial charge is 0.457 e. The molecule has 11 heteroatoms. The van der Waals surface area contributed by atoms with Crippen molar-refractivity contribution in [2.45, 2.75) is 25.8 Å². The maximum Gasteiger partial charge on any atom is 0.160 e. The van der Waals surface area contributed by atoms with Gasteiger partial charge in [0.15, 0.2) is 11.5 Å². The summed E-state index contributed by atoms with van der Waals surface area (Å²) in [4.78, 5) is 17.9. The molecular formula is C25H26ClN9O. The van der Waals surface area contributed by atoms with Crippen molar-refractivity contribution in [2.75, 3.05) is 23.7 Å². The van der Waals surface area contributed by atoms with E-state index in [0.29, 0.717) is 17.6 Å². The van der Waals surface area contributed by atoms with Crippen LogP contribution in [-0.4, -0.2) is 48.7 Å². The Bertz CT molecular complexity index is 1500. The van der Waals surface area contributed by atoms with Gasteiger partial charge in [-0.3, -0.25) is 0 Å². The minimum atomic E-state index is 0. The van der Waals surface area contributed by atoms with Crippen molar-refractivity contribution in [1.82, 2.24) is 34.9 Å². The normalized spacial score (nSPS) is 15.4. The number of fused-ring (bicyclic) bond motifs is 2. The van der Waals surface area contributed by atoms with Crippen LogP contribution < -0.4 is 20.7 Å². The summed E-state index contributed by atoms with van der Waals surface area (Å²) in [6, 6.07) is 14.0. The molecule has 1 aromatic carbocycles. The molecule has 0 aliphatic carbocycles. The van der Waals surface area contributed by atoms with Crippen LogP contribution in [0, 0.1) is 6.92 Å². The fourth-order valence-corrected chi connectivity index (χ4v) is 4.26. The number of nitrogens with one attached hydrogen (secondary N) is 3. The van der Waals surface area contributed by atoms with Crippen molar-refractivity contribution >= 4 is 46.4 Å². The quantitative estimate of drug-likeness (QED) is 0.308. The second kappa shape index (κ2) is 10.3. The summed E-state index contributed by atoms with van der Waals surface area (Å²) < 4.78 is 7.78. The summed E-state index contributed by atoms with van der Waals surface area (Å²) in [7, 11) is 0. The molecule has 0 radical (unpaired) electrons. The number of anilines is 3. The van der Waals surface area contributed by atoms with E-state index in [2.05, 4.69) is 36.0 Å². The first-order valence-electron chi connectivity index (χ1n) is 11.7. The van der Waals surface area contributed by atoms with Crippen molar-refractivity contribution < 1.29 is 4.74 Å². The van der Waals surface area contributed by atoms with Crippen LogP contribution in [0.15, 0.2) is 61.3 Å². The molecular weight excluding hydrogens is 478 g/mol. The van der Waals surface area contributed by atoms with Crippen LogP contribution in [0.5, 0.6) is 11.5 Å². The molecule has 0 amide bonds. The molecule has 1 atom stereocenters. The third-order valence-electron chi connectivity index (χ3n) is 6.05. The van der Waals surface area contributed by atoms with Gasteiger partial charge in [-0.05, 0) is 68.3 Å². The van der Waals surface area contributed by atoms with Crippen LogP contribution in [0.25, 0.3) is 16.7 Å². The molecule has 3 N–H and O–H groups in total. The maximum absolute atomic E-state index is 6.09. The molecule has 4 aromatic heterocycles. The number of pyridine rings is 2. The number of rotatable bonds is 6. The molecule has 5 aromatic rings. The fraction of sp³-hybridized carbons (Fsp3) is 0.240. The first-order valence-corrected chi connectivity index (χ1v) is 11.7. The first-order chi connectivity index (χ1) is 17.2. The van der Waals surface area contributed by atoms with Crippen LogP contribution in [0.1, 0.15) is 18.4 Å². The minimum absolute atomic E-state index is 0. The zero-order chi connectivity index (χ0) is 23.6. The zero-order valence-electron chi connectivity index (χ0n) is 19.7. The topological polar surface area (TPSA) is 114 Å². The summed E-state index contributed by atoms with van der Waals surface area (Å²) in [6.07, 6.45) is 7.18. The van der Waals surface area contributed by atoms with E-state index in [4.69, 9.17) is 9.72 Å². The van der Waals surface area contributed by atoms with E-state index in [0.717, 1.165) is 65.4 Å². The SMILES string of the molecule is Cc1cc(Nc2ncnc3ccc(NC4CCCNC4)nc23)ccc1Oc1ccn2ncnc2c1.Cl. The summed E-state index contributed by atoms with van der Waals surface area (Å²) >= 11 is 0. The highest BCUT2D eigenvalue weighted by Crippen LogP contribution is 2.30. The van der Waals surface area contributed by atoms with Gasteiger partial charge < -0.3 is 20.7 Å². The van der Waals surface area contributed by atoms with Gasteiger partial charge >= 0.3 is 0 Å². The summed E-state index contributed by atoms with van der Waals surface area (Å²) in [5.74, 6) is 2.95. The number of aryl methyl sites for hydroxylation is 1. The molecule has 0 saturated carbocycles. The number of benzene rings is 1. The molecule has 1 unspecified atom stereocenters. The highest BCUT2D eigenvalue weighted by Gasteiger charge is 2.14. The van der Waals surface area contributed by atoms with Crippen LogP contribution >= 0.6 is 12.4 Å².